The third-order valence-electron chi connectivity index (χ3n) is 3.32. The van der Waals surface area contributed by atoms with Crippen LogP contribution in [0.25, 0.3) is 10.7 Å². The van der Waals surface area contributed by atoms with Crippen molar-refractivity contribution in [1.82, 2.24) is 14.8 Å². The maximum absolute atomic E-state index is 11.2. The van der Waals surface area contributed by atoms with Crippen LogP contribution in [0, 0.1) is 0 Å². The minimum atomic E-state index is -0.329. The van der Waals surface area contributed by atoms with Crippen molar-refractivity contribution >= 4 is 44.9 Å². The summed E-state index contributed by atoms with van der Waals surface area (Å²) in [6.07, 6.45) is 0.266. The smallest absolute Gasteiger partial charge is 0.219 e. The molecule has 0 atom stereocenters. The molecule has 1 amide bonds. The van der Waals surface area contributed by atoms with E-state index in [1.54, 1.807) is 23.1 Å². The van der Waals surface area contributed by atoms with Crippen molar-refractivity contribution in [3.05, 3.63) is 51.8 Å². The lowest BCUT2D eigenvalue weighted by Gasteiger charge is -2.08. The van der Waals surface area contributed by atoms with E-state index in [1.807, 2.05) is 34.2 Å². The lowest BCUT2D eigenvalue weighted by atomic mass is 10.2. The monoisotopic (exact) mass is 422 g/mol. The molecular weight excluding hydrogens is 408 g/mol. The van der Waals surface area contributed by atoms with Crippen molar-refractivity contribution < 1.29 is 4.79 Å². The van der Waals surface area contributed by atoms with Gasteiger partial charge in [0, 0.05) is 23.2 Å². The minimum absolute atomic E-state index is 0.266. The second-order valence-electron chi connectivity index (χ2n) is 5.07. The predicted octanol–water partition coefficient (Wildman–Crippen LogP) is 3.94. The Hall–Kier alpha value is -1.64. The number of halogens is 1. The minimum Gasteiger partial charge on any atom is -0.370 e. The van der Waals surface area contributed by atoms with Gasteiger partial charge < -0.3 is 10.3 Å². The molecule has 3 aromatic rings. The molecule has 0 aliphatic heterocycles. The quantitative estimate of drug-likeness (QED) is 0.585. The summed E-state index contributed by atoms with van der Waals surface area (Å²) in [7, 11) is 0. The van der Waals surface area contributed by atoms with Crippen LogP contribution in [0.1, 0.15) is 12.0 Å². The van der Waals surface area contributed by atoms with Crippen LogP contribution < -0.4 is 5.73 Å². The zero-order valence-corrected chi connectivity index (χ0v) is 15.9. The Morgan fingerprint density at radius 1 is 1.25 bits per heavy atom. The molecular formula is C16H15BrN4OS2. The summed E-state index contributed by atoms with van der Waals surface area (Å²) in [5.74, 6) is 1.24. The Kier molecular flexibility index (Phi) is 5.70. The first-order chi connectivity index (χ1) is 11.6. The summed E-state index contributed by atoms with van der Waals surface area (Å²) in [5.41, 5.74) is 6.50. The van der Waals surface area contributed by atoms with E-state index in [0.717, 1.165) is 26.1 Å². The fourth-order valence-corrected chi connectivity index (χ4v) is 4.04. The molecule has 0 aliphatic rings. The van der Waals surface area contributed by atoms with Crippen LogP contribution in [0.5, 0.6) is 0 Å². The molecule has 0 radical (unpaired) electrons. The Morgan fingerprint density at radius 3 is 2.71 bits per heavy atom. The molecule has 8 heteroatoms. The van der Waals surface area contributed by atoms with Gasteiger partial charge in [0.1, 0.15) is 0 Å². The molecule has 1 aromatic carbocycles. The molecule has 5 nitrogen and oxygen atoms in total. The maximum Gasteiger partial charge on any atom is 0.219 e. The molecule has 2 aromatic heterocycles. The second-order valence-corrected chi connectivity index (χ2v) is 7.87. The average Bonchev–Trinajstić information content (AvgIpc) is 3.21. The van der Waals surface area contributed by atoms with Crippen LogP contribution in [0.2, 0.25) is 0 Å². The zero-order chi connectivity index (χ0) is 16.9. The van der Waals surface area contributed by atoms with Gasteiger partial charge in [-0.3, -0.25) is 4.79 Å². The highest BCUT2D eigenvalue weighted by Gasteiger charge is 2.15. The first kappa shape index (κ1) is 17.2. The number of hydrogen-bond acceptors (Lipinski definition) is 5. The lowest BCUT2D eigenvalue weighted by molar-refractivity contribution is -0.118. The van der Waals surface area contributed by atoms with E-state index in [1.165, 1.54) is 5.56 Å². The van der Waals surface area contributed by atoms with Crippen molar-refractivity contribution in [2.45, 2.75) is 23.9 Å². The number of nitrogens with two attached hydrogens (primary N) is 1. The number of carbonyl (C=O) groups is 1. The van der Waals surface area contributed by atoms with Crippen molar-refractivity contribution in [3.8, 4) is 10.7 Å². The molecule has 0 saturated heterocycles. The third kappa shape index (κ3) is 4.25. The highest BCUT2D eigenvalue weighted by Crippen LogP contribution is 2.29. The van der Waals surface area contributed by atoms with E-state index in [2.05, 4.69) is 38.3 Å². The topological polar surface area (TPSA) is 73.8 Å². The third-order valence-corrected chi connectivity index (χ3v) is 5.75. The normalized spacial score (nSPS) is 10.9. The van der Waals surface area contributed by atoms with Crippen molar-refractivity contribution in [2.24, 2.45) is 5.73 Å². The van der Waals surface area contributed by atoms with Crippen LogP contribution in [-0.4, -0.2) is 20.7 Å². The number of rotatable bonds is 7. The molecule has 3 rings (SSSR count). The number of primary amides is 1. The fourth-order valence-electron chi connectivity index (χ4n) is 2.14. The van der Waals surface area contributed by atoms with Gasteiger partial charge in [-0.25, -0.2) is 0 Å². The number of thiophene rings is 1. The summed E-state index contributed by atoms with van der Waals surface area (Å²) in [6, 6.07) is 12.2. The van der Waals surface area contributed by atoms with Crippen LogP contribution >= 0.6 is 39.0 Å². The molecule has 24 heavy (non-hydrogen) atoms. The zero-order valence-electron chi connectivity index (χ0n) is 12.7. The van der Waals surface area contributed by atoms with Gasteiger partial charge in [0.05, 0.1) is 4.88 Å². The molecule has 0 spiro atoms. The molecule has 0 unspecified atom stereocenters. The second kappa shape index (κ2) is 7.96. The van der Waals surface area contributed by atoms with Crippen LogP contribution in [-0.2, 0) is 17.1 Å². The van der Waals surface area contributed by atoms with Gasteiger partial charge in [-0.1, -0.05) is 45.9 Å². The van der Waals surface area contributed by atoms with Gasteiger partial charge in [0.25, 0.3) is 0 Å². The Morgan fingerprint density at radius 2 is 2.04 bits per heavy atom. The number of benzene rings is 1. The first-order valence-electron chi connectivity index (χ1n) is 7.26. The molecule has 0 fully saturated rings. The highest BCUT2D eigenvalue weighted by atomic mass is 79.9. The number of aromatic nitrogens is 3. The van der Waals surface area contributed by atoms with Gasteiger partial charge in [-0.05, 0) is 29.1 Å². The van der Waals surface area contributed by atoms with E-state index in [-0.39, 0.29) is 12.3 Å². The van der Waals surface area contributed by atoms with E-state index in [0.29, 0.717) is 6.54 Å². The van der Waals surface area contributed by atoms with Gasteiger partial charge in [-0.2, -0.15) is 0 Å². The highest BCUT2D eigenvalue weighted by molar-refractivity contribution is 9.10. The molecule has 2 heterocycles. The number of amides is 1. The van der Waals surface area contributed by atoms with Gasteiger partial charge >= 0.3 is 0 Å². The van der Waals surface area contributed by atoms with E-state index in [9.17, 15) is 4.79 Å². The Bertz CT molecular complexity index is 815. The van der Waals surface area contributed by atoms with Crippen molar-refractivity contribution in [2.75, 3.05) is 0 Å². The first-order valence-corrected chi connectivity index (χ1v) is 9.92. The van der Waals surface area contributed by atoms with Crippen LogP contribution in [0.4, 0.5) is 0 Å². The average molecular weight is 423 g/mol. The lowest BCUT2D eigenvalue weighted by Crippen LogP contribution is -2.14. The number of thioether (sulfide) groups is 1. The summed E-state index contributed by atoms with van der Waals surface area (Å²) in [4.78, 5) is 12.2. The van der Waals surface area contributed by atoms with Crippen LogP contribution in [0.3, 0.4) is 0 Å². The Balaban J connectivity index is 1.81. The van der Waals surface area contributed by atoms with E-state index >= 15 is 0 Å². The number of carbonyl (C=O) groups excluding carboxylic acids is 1. The van der Waals surface area contributed by atoms with Gasteiger partial charge in [0.2, 0.25) is 5.91 Å². The summed E-state index contributed by atoms with van der Waals surface area (Å²) >= 11 is 6.64. The van der Waals surface area contributed by atoms with Crippen LogP contribution in [0.15, 0.2) is 51.4 Å². The van der Waals surface area contributed by atoms with Gasteiger partial charge in [0.15, 0.2) is 11.0 Å². The molecule has 2 N–H and O–H groups in total. The number of hydrogen-bond donors (Lipinski definition) is 1. The molecule has 0 bridgehead atoms. The van der Waals surface area contributed by atoms with Gasteiger partial charge in [-0.15, -0.1) is 21.5 Å². The fraction of sp³-hybridized carbons (Fsp3) is 0.188. The standard InChI is InChI=1S/C16H15BrN4OS2/c17-12-5-3-11(4-6-12)10-24-16-20-19-15(13-2-1-9-23-13)21(16)8-7-14(18)22/h1-6,9H,7-8,10H2,(H2,18,22). The molecule has 0 aliphatic carbocycles. The summed E-state index contributed by atoms with van der Waals surface area (Å²) in [5, 5.41) is 11.4. The van der Waals surface area contributed by atoms with Crippen molar-refractivity contribution in [3.63, 3.8) is 0 Å². The van der Waals surface area contributed by atoms with Crippen molar-refractivity contribution in [1.29, 1.82) is 0 Å². The van der Waals surface area contributed by atoms with E-state index < -0.39 is 0 Å². The molecule has 0 saturated carbocycles. The Labute approximate surface area is 156 Å². The molecule has 124 valence electrons. The maximum atomic E-state index is 11.2. The largest absolute Gasteiger partial charge is 0.370 e. The van der Waals surface area contributed by atoms with E-state index in [4.69, 9.17) is 5.73 Å². The predicted molar refractivity (Wildman–Crippen MR) is 101 cm³/mol. The summed E-state index contributed by atoms with van der Waals surface area (Å²) < 4.78 is 3.03. The summed E-state index contributed by atoms with van der Waals surface area (Å²) in [6.45, 7) is 0.484. The SMILES string of the molecule is NC(=O)CCn1c(SCc2ccc(Br)cc2)nnc1-c1cccs1. The number of nitrogens with zero attached hydrogens (tertiary/aromatic N) is 3.